The predicted octanol–water partition coefficient (Wildman–Crippen LogP) is 0.760. The summed E-state index contributed by atoms with van der Waals surface area (Å²) >= 11 is 5.94. The van der Waals surface area contributed by atoms with Crippen LogP contribution >= 0.6 is 11.6 Å². The number of carbonyl (C=O) groups is 1. The van der Waals surface area contributed by atoms with Crippen LogP contribution in [0.1, 0.15) is 22.8 Å². The van der Waals surface area contributed by atoms with Crippen molar-refractivity contribution in [3.63, 3.8) is 0 Å². The number of carbonyl (C=O) groups excluding carboxylic acids is 1. The minimum absolute atomic E-state index is 0.0752. The number of benzene rings is 1. The second kappa shape index (κ2) is 3.39. The Kier molecular flexibility index (Phi) is 2.35. The highest BCUT2D eigenvalue weighted by molar-refractivity contribution is 6.62. The third-order valence-corrected chi connectivity index (χ3v) is 2.63. The molecule has 0 fully saturated rings. The number of rotatable bonds is 1. The van der Waals surface area contributed by atoms with Crippen LogP contribution in [-0.2, 0) is 11.3 Å². The fourth-order valence-corrected chi connectivity index (χ4v) is 1.77. The molecule has 0 atom stereocenters. The van der Waals surface area contributed by atoms with Crippen molar-refractivity contribution in [2.45, 2.75) is 13.5 Å². The Balaban J connectivity index is 2.58. The Morgan fingerprint density at radius 1 is 1.64 bits per heavy atom. The maximum absolute atomic E-state index is 11.1. The summed E-state index contributed by atoms with van der Waals surface area (Å²) in [6, 6.07) is 3.23. The molecule has 1 aliphatic heterocycles. The predicted molar refractivity (Wildman–Crippen MR) is 53.9 cm³/mol. The van der Waals surface area contributed by atoms with Crippen LogP contribution in [-0.4, -0.2) is 17.9 Å². The van der Waals surface area contributed by atoms with Gasteiger partial charge in [-0.2, -0.15) is 0 Å². The Morgan fingerprint density at radius 2 is 2.36 bits per heavy atom. The second-order valence-electron chi connectivity index (χ2n) is 3.25. The van der Waals surface area contributed by atoms with Crippen LogP contribution in [0, 0.1) is 0 Å². The zero-order valence-electron chi connectivity index (χ0n) is 7.58. The first-order chi connectivity index (χ1) is 6.59. The number of halogens is 1. The van der Waals surface area contributed by atoms with Crippen LogP contribution in [0.3, 0.4) is 0 Å². The van der Waals surface area contributed by atoms with E-state index in [9.17, 15) is 9.82 Å². The van der Waals surface area contributed by atoms with Crippen molar-refractivity contribution in [1.82, 2.24) is 0 Å². The molecule has 0 aromatic heterocycles. The summed E-state index contributed by atoms with van der Waals surface area (Å²) in [4.78, 5) is 11.1. The Labute approximate surface area is 86.8 Å². The summed E-state index contributed by atoms with van der Waals surface area (Å²) in [6.07, 6.45) is 0. The monoisotopic (exact) mass is 210 g/mol. The number of ketones is 1. The van der Waals surface area contributed by atoms with Crippen molar-refractivity contribution in [2.75, 3.05) is 0 Å². The van der Waals surface area contributed by atoms with E-state index >= 15 is 0 Å². The van der Waals surface area contributed by atoms with Gasteiger partial charge < -0.3 is 9.68 Å². The molecule has 0 bridgehead atoms. The molecule has 1 N–H and O–H groups in total. The maximum Gasteiger partial charge on any atom is 0.491 e. The molecule has 72 valence electrons. The third-order valence-electron chi connectivity index (χ3n) is 2.29. The lowest BCUT2D eigenvalue weighted by atomic mass is 9.78. The van der Waals surface area contributed by atoms with Crippen LogP contribution < -0.4 is 5.46 Å². The van der Waals surface area contributed by atoms with Gasteiger partial charge in [-0.15, -0.1) is 0 Å². The summed E-state index contributed by atoms with van der Waals surface area (Å²) in [5, 5.41) is 9.90. The van der Waals surface area contributed by atoms with Crippen molar-refractivity contribution >= 4 is 30.0 Å². The quantitative estimate of drug-likeness (QED) is 0.550. The molecule has 1 heterocycles. The molecule has 0 spiro atoms. The Hall–Kier alpha value is -0.835. The molecule has 1 aromatic rings. The lowest BCUT2D eigenvalue weighted by Gasteiger charge is -2.03. The van der Waals surface area contributed by atoms with Gasteiger partial charge >= 0.3 is 7.12 Å². The molecule has 0 radical (unpaired) electrons. The molecule has 0 amide bonds. The number of hydrogen-bond acceptors (Lipinski definition) is 3. The van der Waals surface area contributed by atoms with E-state index in [2.05, 4.69) is 0 Å². The summed E-state index contributed by atoms with van der Waals surface area (Å²) in [6.45, 7) is 1.76. The second-order valence-corrected chi connectivity index (χ2v) is 3.65. The lowest BCUT2D eigenvalue weighted by molar-refractivity contribution is 0.101. The number of fused-ring (bicyclic) bond motifs is 1. The minimum Gasteiger partial charge on any atom is -0.423 e. The highest BCUT2D eigenvalue weighted by atomic mass is 35.5. The topological polar surface area (TPSA) is 46.5 Å². The molecule has 0 aliphatic carbocycles. The fraction of sp³-hybridized carbons (Fsp3) is 0.222. The molecule has 2 rings (SSSR count). The van der Waals surface area contributed by atoms with E-state index in [1.165, 1.54) is 6.92 Å². The van der Waals surface area contributed by atoms with Crippen LogP contribution in [0.5, 0.6) is 0 Å². The van der Waals surface area contributed by atoms with Crippen molar-refractivity contribution < 1.29 is 14.5 Å². The average molecular weight is 210 g/mol. The normalized spacial score (nSPS) is 14.4. The molecule has 0 saturated carbocycles. The van der Waals surface area contributed by atoms with Crippen molar-refractivity contribution in [1.29, 1.82) is 0 Å². The first-order valence-corrected chi connectivity index (χ1v) is 4.60. The van der Waals surface area contributed by atoms with Gasteiger partial charge in [-0.3, -0.25) is 4.79 Å². The fourth-order valence-electron chi connectivity index (χ4n) is 1.49. The van der Waals surface area contributed by atoms with Crippen LogP contribution in [0.2, 0.25) is 5.02 Å². The number of hydrogen-bond donors (Lipinski definition) is 1. The van der Waals surface area contributed by atoms with Gasteiger partial charge in [-0.25, -0.2) is 0 Å². The van der Waals surface area contributed by atoms with Crippen molar-refractivity contribution in [3.8, 4) is 0 Å². The standard InChI is InChI=1S/C9H8BClO3/c1-5(12)6-2-8-7(9(11)3-6)4-14-10(8)13/h2-3,13H,4H2,1H3. The van der Waals surface area contributed by atoms with Gasteiger partial charge in [0.15, 0.2) is 5.78 Å². The highest BCUT2D eigenvalue weighted by Gasteiger charge is 2.29. The van der Waals surface area contributed by atoms with Gasteiger partial charge in [0.25, 0.3) is 0 Å². The molecule has 3 nitrogen and oxygen atoms in total. The Bertz CT molecular complexity index is 405. The first-order valence-electron chi connectivity index (χ1n) is 4.22. The van der Waals surface area contributed by atoms with Gasteiger partial charge in [-0.05, 0) is 24.0 Å². The summed E-state index contributed by atoms with van der Waals surface area (Å²) in [5.74, 6) is -0.0752. The Morgan fingerprint density at radius 3 is 3.00 bits per heavy atom. The van der Waals surface area contributed by atoms with Crippen molar-refractivity contribution in [3.05, 3.63) is 28.3 Å². The van der Waals surface area contributed by atoms with Crippen LogP contribution in [0.25, 0.3) is 0 Å². The first kappa shape index (κ1) is 9.71. The maximum atomic E-state index is 11.1. The molecule has 1 aliphatic rings. The molecule has 0 saturated heterocycles. The molecule has 1 aromatic carbocycles. The SMILES string of the molecule is CC(=O)c1cc(Cl)c2c(c1)B(O)OC2. The van der Waals surface area contributed by atoms with E-state index in [0.717, 1.165) is 5.56 Å². The van der Waals surface area contributed by atoms with E-state index in [1.807, 2.05) is 0 Å². The molecule has 5 heteroatoms. The van der Waals surface area contributed by atoms with Gasteiger partial charge in [0.2, 0.25) is 0 Å². The average Bonchev–Trinajstić information content (AvgIpc) is 2.48. The van der Waals surface area contributed by atoms with Crippen molar-refractivity contribution in [2.24, 2.45) is 0 Å². The van der Waals surface area contributed by atoms with Gasteiger partial charge in [-0.1, -0.05) is 17.7 Å². The van der Waals surface area contributed by atoms with Gasteiger partial charge in [0.1, 0.15) is 0 Å². The van der Waals surface area contributed by atoms with E-state index in [1.54, 1.807) is 12.1 Å². The van der Waals surface area contributed by atoms with Crippen LogP contribution in [0.15, 0.2) is 12.1 Å². The van der Waals surface area contributed by atoms with E-state index < -0.39 is 7.12 Å². The zero-order chi connectivity index (χ0) is 10.3. The van der Waals surface area contributed by atoms with E-state index in [-0.39, 0.29) is 5.78 Å². The minimum atomic E-state index is -0.957. The molecule has 0 unspecified atom stereocenters. The summed E-state index contributed by atoms with van der Waals surface area (Å²) in [5.41, 5.74) is 1.87. The summed E-state index contributed by atoms with van der Waals surface area (Å²) in [7, 11) is -0.957. The number of Topliss-reactive ketones (excluding diaryl/α,β-unsaturated/α-hetero) is 1. The molecule has 14 heavy (non-hydrogen) atoms. The smallest absolute Gasteiger partial charge is 0.423 e. The largest absolute Gasteiger partial charge is 0.491 e. The summed E-state index contributed by atoms with van der Waals surface area (Å²) < 4.78 is 5.00. The van der Waals surface area contributed by atoms with Gasteiger partial charge in [0, 0.05) is 10.6 Å². The third kappa shape index (κ3) is 1.45. The molecular weight excluding hydrogens is 202 g/mol. The van der Waals surface area contributed by atoms with Crippen LogP contribution in [0.4, 0.5) is 0 Å². The molecular formula is C9H8BClO3. The lowest BCUT2D eigenvalue weighted by Crippen LogP contribution is -2.28. The van der Waals surface area contributed by atoms with E-state index in [4.69, 9.17) is 16.3 Å². The zero-order valence-corrected chi connectivity index (χ0v) is 8.34. The van der Waals surface area contributed by atoms with Gasteiger partial charge in [0.05, 0.1) is 6.61 Å². The van der Waals surface area contributed by atoms with E-state index in [0.29, 0.717) is 22.7 Å². The highest BCUT2D eigenvalue weighted by Crippen LogP contribution is 2.21.